The van der Waals surface area contributed by atoms with Crippen molar-refractivity contribution in [2.45, 2.75) is 31.8 Å². The highest BCUT2D eigenvalue weighted by molar-refractivity contribution is 7.80. The fourth-order valence-electron chi connectivity index (χ4n) is 3.69. The minimum absolute atomic E-state index is 0.00544. The normalized spacial score (nSPS) is 19.6. The van der Waals surface area contributed by atoms with E-state index in [9.17, 15) is 0 Å². The summed E-state index contributed by atoms with van der Waals surface area (Å²) in [6.07, 6.45) is 6.07. The van der Waals surface area contributed by atoms with E-state index in [2.05, 4.69) is 82.4 Å². The van der Waals surface area contributed by atoms with Gasteiger partial charge in [0.2, 0.25) is 0 Å². The van der Waals surface area contributed by atoms with Crippen LogP contribution in [0.1, 0.15) is 48.7 Å². The molecule has 2 aromatic heterocycles. The molecule has 0 saturated carbocycles. The number of aryl methyl sites for hydroxylation is 1. The van der Waals surface area contributed by atoms with Crippen molar-refractivity contribution in [1.29, 1.82) is 0 Å². The van der Waals surface area contributed by atoms with E-state index < -0.39 is 0 Å². The lowest BCUT2D eigenvalue weighted by Gasteiger charge is -2.27. The van der Waals surface area contributed by atoms with Crippen LogP contribution in [0.3, 0.4) is 0 Å². The van der Waals surface area contributed by atoms with Crippen LogP contribution in [-0.4, -0.2) is 14.7 Å². The molecule has 1 aromatic carbocycles. The quantitative estimate of drug-likeness (QED) is 0.668. The molecule has 27 heavy (non-hydrogen) atoms. The van der Waals surface area contributed by atoms with Crippen molar-refractivity contribution in [3.63, 3.8) is 0 Å². The van der Waals surface area contributed by atoms with E-state index in [4.69, 9.17) is 12.2 Å². The first-order valence-electron chi connectivity index (χ1n) is 9.27. The summed E-state index contributed by atoms with van der Waals surface area (Å²) in [4.78, 5) is 6.80. The number of nitrogens with zero attached hydrogens (tertiary/aromatic N) is 3. The third-order valence-corrected chi connectivity index (χ3v) is 5.45. The molecule has 0 radical (unpaired) electrons. The number of aromatic nitrogens is 2. The van der Waals surface area contributed by atoms with Crippen LogP contribution in [0.25, 0.3) is 0 Å². The first-order chi connectivity index (χ1) is 13.0. The van der Waals surface area contributed by atoms with Crippen molar-refractivity contribution < 1.29 is 0 Å². The van der Waals surface area contributed by atoms with Gasteiger partial charge in [-0.3, -0.25) is 4.98 Å². The average Bonchev–Trinajstić information content (AvgIpc) is 3.25. The molecule has 5 heteroatoms. The Balaban J connectivity index is 1.78. The average molecular weight is 377 g/mol. The van der Waals surface area contributed by atoms with Gasteiger partial charge in [0.25, 0.3) is 0 Å². The van der Waals surface area contributed by atoms with E-state index in [-0.39, 0.29) is 12.1 Å². The Morgan fingerprint density at radius 2 is 1.85 bits per heavy atom. The van der Waals surface area contributed by atoms with Gasteiger partial charge in [-0.1, -0.05) is 32.0 Å². The van der Waals surface area contributed by atoms with Gasteiger partial charge >= 0.3 is 0 Å². The number of benzene rings is 1. The summed E-state index contributed by atoms with van der Waals surface area (Å²) < 4.78 is 2.08. The molecule has 1 fully saturated rings. The van der Waals surface area contributed by atoms with E-state index in [1.165, 1.54) is 11.1 Å². The molecule has 3 aromatic rings. The fourth-order valence-corrected chi connectivity index (χ4v) is 4.04. The maximum Gasteiger partial charge on any atom is 0.174 e. The third-order valence-electron chi connectivity index (χ3n) is 5.13. The monoisotopic (exact) mass is 376 g/mol. The second-order valence-electron chi connectivity index (χ2n) is 7.35. The third kappa shape index (κ3) is 3.35. The number of rotatable bonds is 4. The van der Waals surface area contributed by atoms with Gasteiger partial charge in [0, 0.05) is 31.3 Å². The second-order valence-corrected chi connectivity index (χ2v) is 7.74. The number of nitrogens with one attached hydrogen (secondary N) is 1. The van der Waals surface area contributed by atoms with Gasteiger partial charge in [0.15, 0.2) is 5.11 Å². The minimum atomic E-state index is 0.00544. The predicted molar refractivity (Wildman–Crippen MR) is 114 cm³/mol. The molecule has 3 heterocycles. The van der Waals surface area contributed by atoms with E-state index in [1.807, 2.05) is 25.4 Å². The highest BCUT2D eigenvalue weighted by Crippen LogP contribution is 2.41. The maximum absolute atomic E-state index is 5.75. The molecular weight excluding hydrogens is 352 g/mol. The standard InChI is InChI=1S/C22H24N4S/c1-15(2)16-7-9-18(10-8-16)26-21(17-11-13-25(3)14-17)20(24-22(26)27)19-6-4-5-12-23-19/h4-15,20-21H,1-3H3,(H,24,27)/t20-,21+/m0/s1. The first-order valence-corrected chi connectivity index (χ1v) is 9.68. The fraction of sp³-hybridized carbons (Fsp3) is 0.273. The second kappa shape index (κ2) is 7.16. The topological polar surface area (TPSA) is 33.1 Å². The van der Waals surface area contributed by atoms with Gasteiger partial charge in [-0.2, -0.15) is 0 Å². The molecule has 138 valence electrons. The molecular formula is C22H24N4S. The van der Waals surface area contributed by atoms with Gasteiger partial charge < -0.3 is 14.8 Å². The predicted octanol–water partition coefficient (Wildman–Crippen LogP) is 4.72. The largest absolute Gasteiger partial charge is 0.357 e. The molecule has 2 atom stereocenters. The van der Waals surface area contributed by atoms with Crippen molar-refractivity contribution >= 4 is 23.0 Å². The van der Waals surface area contributed by atoms with Crippen molar-refractivity contribution in [2.24, 2.45) is 7.05 Å². The molecule has 0 bridgehead atoms. The van der Waals surface area contributed by atoms with Crippen LogP contribution in [0.5, 0.6) is 0 Å². The molecule has 4 nitrogen and oxygen atoms in total. The maximum atomic E-state index is 5.75. The van der Waals surface area contributed by atoms with Gasteiger partial charge in [-0.25, -0.2) is 0 Å². The highest BCUT2D eigenvalue weighted by atomic mass is 32.1. The molecule has 1 N–H and O–H groups in total. The van der Waals surface area contributed by atoms with Crippen molar-refractivity contribution in [3.8, 4) is 0 Å². The smallest absolute Gasteiger partial charge is 0.174 e. The van der Waals surface area contributed by atoms with Crippen molar-refractivity contribution in [1.82, 2.24) is 14.9 Å². The zero-order chi connectivity index (χ0) is 19.0. The van der Waals surface area contributed by atoms with Gasteiger partial charge in [-0.15, -0.1) is 0 Å². The Morgan fingerprint density at radius 1 is 1.07 bits per heavy atom. The molecule has 0 spiro atoms. The van der Waals surface area contributed by atoms with Gasteiger partial charge in [0.1, 0.15) is 0 Å². The molecule has 0 aliphatic carbocycles. The molecule has 0 amide bonds. The number of thiocarbonyl (C=S) groups is 1. The summed E-state index contributed by atoms with van der Waals surface area (Å²) in [5.41, 5.74) is 4.64. The number of hydrogen-bond donors (Lipinski definition) is 1. The van der Waals surface area contributed by atoms with Crippen LogP contribution < -0.4 is 10.2 Å². The Bertz CT molecular complexity index is 930. The summed E-state index contributed by atoms with van der Waals surface area (Å²) in [6, 6.07) is 17.0. The highest BCUT2D eigenvalue weighted by Gasteiger charge is 2.40. The summed E-state index contributed by atoms with van der Waals surface area (Å²) >= 11 is 5.75. The number of pyridine rings is 1. The Morgan fingerprint density at radius 3 is 2.44 bits per heavy atom. The van der Waals surface area contributed by atoms with E-state index >= 15 is 0 Å². The molecule has 0 unspecified atom stereocenters. The number of hydrogen-bond acceptors (Lipinski definition) is 2. The van der Waals surface area contributed by atoms with Crippen molar-refractivity contribution in [3.05, 3.63) is 83.9 Å². The van der Waals surface area contributed by atoms with Crippen LogP contribution in [0.15, 0.2) is 67.1 Å². The SMILES string of the molecule is CC(C)c1ccc(N2C(=S)N[C@@H](c3ccccn3)[C@H]2c2ccn(C)c2)cc1. The summed E-state index contributed by atoms with van der Waals surface area (Å²) in [7, 11) is 2.04. The molecule has 4 rings (SSSR count). The van der Waals surface area contributed by atoms with Gasteiger partial charge in [0.05, 0.1) is 17.8 Å². The van der Waals surface area contributed by atoms with Crippen molar-refractivity contribution in [2.75, 3.05) is 4.90 Å². The number of anilines is 1. The lowest BCUT2D eigenvalue weighted by Crippen LogP contribution is -2.29. The molecule has 1 saturated heterocycles. The Labute approximate surface area is 165 Å². The van der Waals surface area contributed by atoms with Crippen LogP contribution in [-0.2, 0) is 7.05 Å². The van der Waals surface area contributed by atoms with Crippen LogP contribution in [0.4, 0.5) is 5.69 Å². The zero-order valence-electron chi connectivity index (χ0n) is 15.8. The van der Waals surface area contributed by atoms with Gasteiger partial charge in [-0.05, 0) is 59.6 Å². The summed E-state index contributed by atoms with van der Waals surface area (Å²) in [5, 5.41) is 4.23. The van der Waals surface area contributed by atoms with Crippen LogP contribution in [0, 0.1) is 0 Å². The lowest BCUT2D eigenvalue weighted by molar-refractivity contribution is 0.567. The molecule has 1 aliphatic heterocycles. The Hall–Kier alpha value is -2.66. The van der Waals surface area contributed by atoms with Crippen LogP contribution >= 0.6 is 12.2 Å². The lowest BCUT2D eigenvalue weighted by atomic mass is 9.98. The summed E-state index contributed by atoms with van der Waals surface area (Å²) in [6.45, 7) is 4.42. The molecule has 1 aliphatic rings. The van der Waals surface area contributed by atoms with Crippen LogP contribution in [0.2, 0.25) is 0 Å². The Kier molecular flexibility index (Phi) is 4.70. The summed E-state index contributed by atoms with van der Waals surface area (Å²) in [5.74, 6) is 0.508. The van der Waals surface area contributed by atoms with E-state index in [0.29, 0.717) is 5.92 Å². The zero-order valence-corrected chi connectivity index (χ0v) is 16.6. The van der Waals surface area contributed by atoms with E-state index in [0.717, 1.165) is 16.5 Å². The minimum Gasteiger partial charge on any atom is -0.357 e. The first kappa shape index (κ1) is 17.7. The van der Waals surface area contributed by atoms with E-state index in [1.54, 1.807) is 0 Å².